The number of aliphatic hydroxyl groups excluding tert-OH is 1. The van der Waals surface area contributed by atoms with Crippen molar-refractivity contribution < 1.29 is 9.84 Å². The number of aromatic amines is 1. The number of hydrogen-bond acceptors (Lipinski definition) is 4. The number of aromatic nitrogens is 4. The van der Waals surface area contributed by atoms with Crippen molar-refractivity contribution in [1.82, 2.24) is 20.0 Å². The van der Waals surface area contributed by atoms with Gasteiger partial charge in [0, 0.05) is 35.7 Å². The van der Waals surface area contributed by atoms with Crippen molar-refractivity contribution in [2.75, 3.05) is 13.7 Å². The average molecular weight is 639 g/mol. The van der Waals surface area contributed by atoms with Crippen molar-refractivity contribution in [1.29, 1.82) is 0 Å². The summed E-state index contributed by atoms with van der Waals surface area (Å²) < 4.78 is 7.78. The summed E-state index contributed by atoms with van der Waals surface area (Å²) in [5.74, 6) is 3.98. The molecule has 0 spiro atoms. The first-order valence-electron chi connectivity index (χ1n) is 18.7. The molecule has 3 aromatic rings. The molecule has 0 radical (unpaired) electrons. The maximum Gasteiger partial charge on any atom is 0.119 e. The Hall–Kier alpha value is -2.60. The van der Waals surface area contributed by atoms with Gasteiger partial charge >= 0.3 is 0 Å². The normalized spacial score (nSPS) is 40.2. The van der Waals surface area contributed by atoms with Crippen LogP contribution in [0.15, 0.2) is 36.5 Å². The zero-order chi connectivity index (χ0) is 33.1. The van der Waals surface area contributed by atoms with E-state index in [1.807, 2.05) is 6.07 Å². The Kier molecular flexibility index (Phi) is 7.04. The molecule has 5 aliphatic carbocycles. The number of H-pyrrole nitrogens is 1. The number of methoxy groups -OCH3 is 1. The van der Waals surface area contributed by atoms with Crippen LogP contribution in [0.4, 0.5) is 0 Å². The van der Waals surface area contributed by atoms with Gasteiger partial charge in [0.15, 0.2) is 0 Å². The van der Waals surface area contributed by atoms with Gasteiger partial charge in [0.1, 0.15) is 5.75 Å². The van der Waals surface area contributed by atoms with Gasteiger partial charge in [0.05, 0.1) is 18.5 Å². The third kappa shape index (κ3) is 4.12. The van der Waals surface area contributed by atoms with Crippen LogP contribution in [0.25, 0.3) is 10.9 Å². The molecule has 2 N–H and O–H groups in total. The molecule has 0 unspecified atom stereocenters. The van der Waals surface area contributed by atoms with Gasteiger partial charge in [-0.15, -0.1) is 5.10 Å². The molecule has 47 heavy (non-hydrogen) atoms. The molecule has 0 saturated heterocycles. The Morgan fingerprint density at radius 3 is 2.57 bits per heavy atom. The molecule has 5 aliphatic rings. The lowest BCUT2D eigenvalue weighted by molar-refractivity contribution is -0.228. The van der Waals surface area contributed by atoms with Crippen molar-refractivity contribution in [2.24, 2.45) is 51.2 Å². The average Bonchev–Trinajstić information content (AvgIpc) is 3.75. The quantitative estimate of drug-likeness (QED) is 0.265. The Balaban J connectivity index is 1.10. The van der Waals surface area contributed by atoms with Crippen LogP contribution in [-0.4, -0.2) is 38.8 Å². The number of hydrogen-bond donors (Lipinski definition) is 2. The first kappa shape index (κ1) is 31.7. The second kappa shape index (κ2) is 10.5. The van der Waals surface area contributed by atoms with E-state index in [1.165, 1.54) is 79.3 Å². The Morgan fingerprint density at radius 1 is 1.02 bits per heavy atom. The predicted molar refractivity (Wildman–Crippen MR) is 188 cm³/mol. The van der Waals surface area contributed by atoms with E-state index >= 15 is 0 Å². The summed E-state index contributed by atoms with van der Waals surface area (Å²) in [4.78, 5) is 3.45. The summed E-state index contributed by atoms with van der Waals surface area (Å²) >= 11 is 0. The zero-order valence-electron chi connectivity index (χ0n) is 30.1. The van der Waals surface area contributed by atoms with Crippen LogP contribution in [0, 0.1) is 51.2 Å². The fourth-order valence-corrected chi connectivity index (χ4v) is 13.9. The molecule has 9 atom stereocenters. The molecular formula is C41H58N4O2. The van der Waals surface area contributed by atoms with E-state index < -0.39 is 0 Å². The van der Waals surface area contributed by atoms with E-state index in [9.17, 15) is 5.11 Å². The van der Waals surface area contributed by atoms with Crippen molar-refractivity contribution >= 4 is 10.9 Å². The minimum Gasteiger partial charge on any atom is -0.497 e. The largest absolute Gasteiger partial charge is 0.497 e. The Morgan fingerprint density at radius 2 is 1.83 bits per heavy atom. The maximum absolute atomic E-state index is 10.9. The summed E-state index contributed by atoms with van der Waals surface area (Å²) in [6, 6.07) is 6.26. The van der Waals surface area contributed by atoms with E-state index in [2.05, 4.69) is 76.1 Å². The van der Waals surface area contributed by atoms with Gasteiger partial charge < -0.3 is 14.8 Å². The second-order valence-electron chi connectivity index (χ2n) is 18.2. The lowest BCUT2D eigenvalue weighted by Crippen LogP contribution is -2.66. The van der Waals surface area contributed by atoms with Crippen LogP contribution in [0.1, 0.15) is 110 Å². The van der Waals surface area contributed by atoms with Crippen LogP contribution in [0.5, 0.6) is 5.75 Å². The van der Waals surface area contributed by atoms with E-state index in [-0.39, 0.29) is 27.1 Å². The zero-order valence-corrected chi connectivity index (χ0v) is 30.1. The third-order valence-electron chi connectivity index (χ3n) is 16.2. The molecule has 2 heterocycles. The van der Waals surface area contributed by atoms with Crippen molar-refractivity contribution in [3.63, 3.8) is 0 Å². The molecule has 6 heteroatoms. The first-order chi connectivity index (χ1) is 22.3. The minimum atomic E-state index is 0.00343. The smallest absolute Gasteiger partial charge is 0.119 e. The maximum atomic E-state index is 10.9. The molecule has 0 aliphatic heterocycles. The molecule has 6 nitrogen and oxygen atoms in total. The van der Waals surface area contributed by atoms with Crippen LogP contribution < -0.4 is 4.74 Å². The number of ether oxygens (including phenoxy) is 1. The number of fused-ring (bicyclic) bond motifs is 9. The van der Waals surface area contributed by atoms with Gasteiger partial charge in [-0.2, -0.15) is 0 Å². The summed E-state index contributed by atoms with van der Waals surface area (Å²) in [6.07, 6.45) is 14.1. The van der Waals surface area contributed by atoms with Crippen LogP contribution in [-0.2, 0) is 24.8 Å². The lowest BCUT2D eigenvalue weighted by atomic mass is 9.32. The van der Waals surface area contributed by atoms with Gasteiger partial charge in [-0.25, -0.2) is 4.68 Å². The Labute approximate surface area is 282 Å². The van der Waals surface area contributed by atoms with Crippen molar-refractivity contribution in [3.8, 4) is 5.75 Å². The second-order valence-corrected chi connectivity index (χ2v) is 18.2. The van der Waals surface area contributed by atoms with Crippen LogP contribution in [0.3, 0.4) is 0 Å². The minimum absolute atomic E-state index is 0.00343. The molecule has 254 valence electrons. The molecule has 0 bridgehead atoms. The van der Waals surface area contributed by atoms with Gasteiger partial charge in [-0.1, -0.05) is 52.0 Å². The third-order valence-corrected chi connectivity index (χ3v) is 16.2. The summed E-state index contributed by atoms with van der Waals surface area (Å²) in [5, 5.41) is 22.0. The highest BCUT2D eigenvalue weighted by Gasteiger charge is 2.71. The summed E-state index contributed by atoms with van der Waals surface area (Å²) in [6.45, 7) is 21.0. The highest BCUT2D eigenvalue weighted by atomic mass is 16.5. The first-order valence-corrected chi connectivity index (χ1v) is 18.7. The standard InChI is InChI=1S/C41H58N4O2/c1-25(2)28-13-17-41(24-46)19-18-39(6)30(35(28)41)10-12-34-38(5)22-32-36(37(3,4)33(38)14-16-40(34,39)7)45(44-43-32)20-15-26-23-42-31-11-9-27(47-8)21-29(26)31/h9,11,21,23,28,30,33-35,42,46H,1,10,12-20,22,24H2,2-8H3/t28-,30+,33-,34+,35+,38-,39+,40+,41+/m0/s1. The van der Waals surface area contributed by atoms with Crippen LogP contribution in [0.2, 0.25) is 0 Å². The van der Waals surface area contributed by atoms with Crippen molar-refractivity contribution in [3.05, 3.63) is 53.5 Å². The number of aryl methyl sites for hydroxylation is 2. The number of allylic oxidation sites excluding steroid dienone is 1. The predicted octanol–water partition coefficient (Wildman–Crippen LogP) is 8.67. The number of aliphatic hydroxyl groups is 1. The number of nitrogens with zero attached hydrogens (tertiary/aromatic N) is 3. The molecule has 8 rings (SSSR count). The molecule has 0 amide bonds. The summed E-state index contributed by atoms with van der Waals surface area (Å²) in [7, 11) is 1.73. The van der Waals surface area contributed by atoms with Crippen LogP contribution >= 0.6 is 0 Å². The van der Waals surface area contributed by atoms with Gasteiger partial charge in [-0.3, -0.25) is 0 Å². The fraction of sp³-hybridized carbons (Fsp3) is 0.707. The highest BCUT2D eigenvalue weighted by molar-refractivity contribution is 5.84. The van der Waals surface area contributed by atoms with E-state index in [0.717, 1.165) is 30.7 Å². The van der Waals surface area contributed by atoms with Gasteiger partial charge in [0.2, 0.25) is 0 Å². The van der Waals surface area contributed by atoms with Gasteiger partial charge in [0.25, 0.3) is 0 Å². The molecular weight excluding hydrogens is 580 g/mol. The fourth-order valence-electron chi connectivity index (χ4n) is 13.9. The molecule has 1 aromatic carbocycles. The lowest BCUT2D eigenvalue weighted by Gasteiger charge is -2.72. The van der Waals surface area contributed by atoms with E-state index in [4.69, 9.17) is 15.0 Å². The SMILES string of the molecule is C=C(C)[C@@H]1CC[C@]2(CO)CC[C@]3(C)[C@H](CC[C@@H]4[C@@]5(C)Cc6nnn(CCc7c[nH]c8ccc(OC)cc78)c6C(C)(C)[C@@H]5CC[C@]43C)[C@@H]12. The molecule has 4 fully saturated rings. The Bertz CT molecular complexity index is 1720. The van der Waals surface area contributed by atoms with E-state index in [1.54, 1.807) is 7.11 Å². The monoisotopic (exact) mass is 638 g/mol. The molecule has 4 saturated carbocycles. The van der Waals surface area contributed by atoms with E-state index in [0.29, 0.717) is 36.2 Å². The number of rotatable bonds is 6. The molecule has 2 aromatic heterocycles. The number of benzene rings is 1. The van der Waals surface area contributed by atoms with Crippen molar-refractivity contribution in [2.45, 2.75) is 118 Å². The highest BCUT2D eigenvalue weighted by Crippen LogP contribution is 2.77. The van der Waals surface area contributed by atoms with Gasteiger partial charge in [-0.05, 0) is 146 Å². The number of nitrogens with one attached hydrogen (secondary N) is 1. The summed E-state index contributed by atoms with van der Waals surface area (Å²) in [5.41, 5.74) is 7.30. The topological polar surface area (TPSA) is 76.0 Å².